The van der Waals surface area contributed by atoms with Crippen molar-refractivity contribution in [2.45, 2.75) is 26.2 Å². The van der Waals surface area contributed by atoms with Crippen LogP contribution >= 0.6 is 0 Å². The largest absolute Gasteiger partial charge is 0.494 e. The Labute approximate surface area is 120 Å². The van der Waals surface area contributed by atoms with Crippen LogP contribution in [0.2, 0.25) is 0 Å². The van der Waals surface area contributed by atoms with Crippen LogP contribution in [0.15, 0.2) is 42.5 Å². The van der Waals surface area contributed by atoms with Gasteiger partial charge in [-0.15, -0.1) is 0 Å². The molecule has 0 fully saturated rings. The summed E-state index contributed by atoms with van der Waals surface area (Å²) in [5.74, 6) is 2.03. The third-order valence-corrected chi connectivity index (χ3v) is 3.22. The summed E-state index contributed by atoms with van der Waals surface area (Å²) in [6.45, 7) is 2.20. The van der Waals surface area contributed by atoms with Crippen LogP contribution in [-0.4, -0.2) is 7.11 Å². The normalized spacial score (nSPS) is 10.3. The van der Waals surface area contributed by atoms with Crippen LogP contribution < -0.4 is 15.2 Å². The van der Waals surface area contributed by atoms with Gasteiger partial charge in [0.15, 0.2) is 5.75 Å². The van der Waals surface area contributed by atoms with Crippen molar-refractivity contribution in [1.29, 1.82) is 0 Å². The molecule has 0 saturated heterocycles. The maximum atomic E-state index is 5.99. The third kappa shape index (κ3) is 3.44. The van der Waals surface area contributed by atoms with Gasteiger partial charge in [0, 0.05) is 0 Å². The molecule has 2 aromatic carbocycles. The van der Waals surface area contributed by atoms with Crippen molar-refractivity contribution in [1.82, 2.24) is 0 Å². The van der Waals surface area contributed by atoms with E-state index in [0.29, 0.717) is 17.2 Å². The number of unbranched alkanes of at least 4 members (excludes halogenated alkanes) is 1. The molecule has 2 rings (SSSR count). The van der Waals surface area contributed by atoms with E-state index >= 15 is 0 Å². The number of aryl methyl sites for hydroxylation is 1. The fourth-order valence-electron chi connectivity index (χ4n) is 2.02. The van der Waals surface area contributed by atoms with Crippen LogP contribution in [-0.2, 0) is 6.42 Å². The number of anilines is 1. The van der Waals surface area contributed by atoms with Crippen LogP contribution in [0.4, 0.5) is 5.69 Å². The molecular weight excluding hydrogens is 250 g/mol. The number of hydrogen-bond donors (Lipinski definition) is 1. The zero-order valence-corrected chi connectivity index (χ0v) is 12.1. The molecule has 0 radical (unpaired) electrons. The van der Waals surface area contributed by atoms with Crippen molar-refractivity contribution in [3.05, 3.63) is 48.0 Å². The number of nitrogens with two attached hydrogens (primary N) is 1. The Morgan fingerprint density at radius 1 is 1.00 bits per heavy atom. The molecule has 3 heteroatoms. The van der Waals surface area contributed by atoms with Gasteiger partial charge in [0.2, 0.25) is 0 Å². The highest BCUT2D eigenvalue weighted by molar-refractivity contribution is 5.63. The summed E-state index contributed by atoms with van der Waals surface area (Å²) in [6.07, 6.45) is 3.53. The van der Waals surface area contributed by atoms with Gasteiger partial charge in [-0.1, -0.05) is 31.5 Å². The van der Waals surface area contributed by atoms with Gasteiger partial charge in [0.1, 0.15) is 17.2 Å². The molecule has 3 nitrogen and oxygen atoms in total. The molecule has 106 valence electrons. The SMILES string of the molecule is CCCCc1ccc(Oc2cccc(OC)c2N)cc1. The zero-order chi connectivity index (χ0) is 14.4. The molecule has 0 aliphatic heterocycles. The first-order valence-electron chi connectivity index (χ1n) is 6.94. The average molecular weight is 271 g/mol. The van der Waals surface area contributed by atoms with Crippen LogP contribution in [0.25, 0.3) is 0 Å². The lowest BCUT2D eigenvalue weighted by Gasteiger charge is -2.11. The molecule has 2 N–H and O–H groups in total. The highest BCUT2D eigenvalue weighted by atomic mass is 16.5. The van der Waals surface area contributed by atoms with Crippen LogP contribution in [0.1, 0.15) is 25.3 Å². The average Bonchev–Trinajstić information content (AvgIpc) is 2.48. The lowest BCUT2D eigenvalue weighted by molar-refractivity contribution is 0.412. The summed E-state index contributed by atoms with van der Waals surface area (Å²) in [4.78, 5) is 0. The van der Waals surface area contributed by atoms with E-state index in [0.717, 1.165) is 12.2 Å². The molecule has 2 aromatic rings. The minimum absolute atomic E-state index is 0.519. The first kappa shape index (κ1) is 14.3. The van der Waals surface area contributed by atoms with Gasteiger partial charge < -0.3 is 15.2 Å². The van der Waals surface area contributed by atoms with E-state index in [1.807, 2.05) is 30.3 Å². The van der Waals surface area contributed by atoms with Crippen LogP contribution in [0, 0.1) is 0 Å². The molecule has 0 unspecified atom stereocenters. The molecule has 0 aliphatic carbocycles. The lowest BCUT2D eigenvalue weighted by atomic mass is 10.1. The fraction of sp³-hybridized carbons (Fsp3) is 0.294. The maximum absolute atomic E-state index is 5.99. The van der Waals surface area contributed by atoms with E-state index in [9.17, 15) is 0 Å². The summed E-state index contributed by atoms with van der Waals surface area (Å²) < 4.78 is 11.0. The van der Waals surface area contributed by atoms with Crippen LogP contribution in [0.5, 0.6) is 17.2 Å². The second kappa shape index (κ2) is 6.85. The number of methoxy groups -OCH3 is 1. The third-order valence-electron chi connectivity index (χ3n) is 3.22. The Balaban J connectivity index is 2.10. The van der Waals surface area contributed by atoms with Gasteiger partial charge in [-0.3, -0.25) is 0 Å². The molecule has 0 atom stereocenters. The molecule has 0 bridgehead atoms. The molecule has 0 aliphatic rings. The van der Waals surface area contributed by atoms with Gasteiger partial charge in [-0.25, -0.2) is 0 Å². The number of benzene rings is 2. The Morgan fingerprint density at radius 2 is 1.70 bits per heavy atom. The summed E-state index contributed by atoms with van der Waals surface area (Å²) in [6, 6.07) is 13.7. The molecule has 0 heterocycles. The topological polar surface area (TPSA) is 44.5 Å². The number of nitrogen functional groups attached to an aromatic ring is 1. The van der Waals surface area contributed by atoms with Gasteiger partial charge in [0.25, 0.3) is 0 Å². The number of ether oxygens (including phenoxy) is 2. The van der Waals surface area contributed by atoms with E-state index in [1.54, 1.807) is 7.11 Å². The predicted octanol–water partition coefficient (Wildman–Crippen LogP) is 4.41. The molecular formula is C17H21NO2. The highest BCUT2D eigenvalue weighted by Gasteiger charge is 2.07. The van der Waals surface area contributed by atoms with Gasteiger partial charge >= 0.3 is 0 Å². The van der Waals surface area contributed by atoms with Crippen molar-refractivity contribution < 1.29 is 9.47 Å². The first-order valence-corrected chi connectivity index (χ1v) is 6.94. The summed E-state index contributed by atoms with van der Waals surface area (Å²) in [5, 5.41) is 0. The van der Waals surface area contributed by atoms with Crippen molar-refractivity contribution >= 4 is 5.69 Å². The Hall–Kier alpha value is -2.16. The molecule has 0 amide bonds. The van der Waals surface area contributed by atoms with Gasteiger partial charge in [0.05, 0.1) is 7.11 Å². The molecule has 0 spiro atoms. The van der Waals surface area contributed by atoms with Crippen molar-refractivity contribution in [2.24, 2.45) is 0 Å². The molecule has 0 aromatic heterocycles. The van der Waals surface area contributed by atoms with Crippen molar-refractivity contribution in [3.63, 3.8) is 0 Å². The van der Waals surface area contributed by atoms with Gasteiger partial charge in [-0.05, 0) is 42.7 Å². The number of rotatable bonds is 6. The maximum Gasteiger partial charge on any atom is 0.154 e. The highest BCUT2D eigenvalue weighted by Crippen LogP contribution is 2.34. The fourth-order valence-corrected chi connectivity index (χ4v) is 2.02. The van der Waals surface area contributed by atoms with Crippen LogP contribution in [0.3, 0.4) is 0 Å². The minimum atomic E-state index is 0.519. The Morgan fingerprint density at radius 3 is 2.35 bits per heavy atom. The lowest BCUT2D eigenvalue weighted by Crippen LogP contribution is -1.96. The smallest absolute Gasteiger partial charge is 0.154 e. The van der Waals surface area contributed by atoms with Gasteiger partial charge in [-0.2, -0.15) is 0 Å². The minimum Gasteiger partial charge on any atom is -0.494 e. The summed E-state index contributed by atoms with van der Waals surface area (Å²) in [5.41, 5.74) is 7.84. The summed E-state index contributed by atoms with van der Waals surface area (Å²) >= 11 is 0. The van der Waals surface area contributed by atoms with E-state index in [2.05, 4.69) is 19.1 Å². The van der Waals surface area contributed by atoms with E-state index in [4.69, 9.17) is 15.2 Å². The Bertz CT molecular complexity index is 549. The van der Waals surface area contributed by atoms with E-state index in [1.165, 1.54) is 18.4 Å². The van der Waals surface area contributed by atoms with E-state index < -0.39 is 0 Å². The molecule has 20 heavy (non-hydrogen) atoms. The Kier molecular flexibility index (Phi) is 4.88. The second-order valence-electron chi connectivity index (χ2n) is 4.72. The van der Waals surface area contributed by atoms with E-state index in [-0.39, 0.29) is 0 Å². The number of para-hydroxylation sites is 1. The molecule has 0 saturated carbocycles. The predicted molar refractivity (Wildman–Crippen MR) is 82.5 cm³/mol. The standard InChI is InChI=1S/C17H21NO2/c1-3-4-6-13-9-11-14(12-10-13)20-16-8-5-7-15(19-2)17(16)18/h5,7-12H,3-4,6,18H2,1-2H3. The number of hydrogen-bond acceptors (Lipinski definition) is 3. The zero-order valence-electron chi connectivity index (χ0n) is 12.1. The summed E-state index contributed by atoms with van der Waals surface area (Å²) in [7, 11) is 1.60. The quantitative estimate of drug-likeness (QED) is 0.791. The van der Waals surface area contributed by atoms with Crippen molar-refractivity contribution in [2.75, 3.05) is 12.8 Å². The van der Waals surface area contributed by atoms with Crippen molar-refractivity contribution in [3.8, 4) is 17.2 Å². The second-order valence-corrected chi connectivity index (χ2v) is 4.72. The first-order chi connectivity index (χ1) is 9.74. The monoisotopic (exact) mass is 271 g/mol.